The number of rotatable bonds is 4. The molecule has 3 aromatic heterocycles. The predicted molar refractivity (Wildman–Crippen MR) is 89.1 cm³/mol. The van der Waals surface area contributed by atoms with E-state index < -0.39 is 0 Å². The molecule has 0 radical (unpaired) electrons. The van der Waals surface area contributed by atoms with Gasteiger partial charge in [-0.15, -0.1) is 11.3 Å². The van der Waals surface area contributed by atoms with Gasteiger partial charge in [-0.3, -0.25) is 13.8 Å². The standard InChI is InChI=1S/C15H18N6O2S/c1-19-15(23)21-8-10(2-3-12(21)18-19)13(22)16-5-4-11-9-20-6-7-24-14(20)17-11/h6-7,9-10H,2-5,8H2,1H3,(H,16,22). The topological polar surface area (TPSA) is 86.2 Å². The number of aromatic nitrogens is 5. The van der Waals surface area contributed by atoms with Gasteiger partial charge in [-0.1, -0.05) is 0 Å². The number of aryl methyl sites for hydroxylation is 2. The minimum atomic E-state index is -0.176. The molecule has 0 saturated heterocycles. The van der Waals surface area contributed by atoms with Gasteiger partial charge in [-0.2, -0.15) is 5.10 Å². The van der Waals surface area contributed by atoms with Crippen LogP contribution in [0.25, 0.3) is 4.96 Å². The Kier molecular flexibility index (Phi) is 3.72. The molecule has 0 bridgehead atoms. The molecule has 4 heterocycles. The van der Waals surface area contributed by atoms with Gasteiger partial charge in [0.1, 0.15) is 5.82 Å². The first kappa shape index (κ1) is 15.1. The van der Waals surface area contributed by atoms with Gasteiger partial charge < -0.3 is 5.32 Å². The van der Waals surface area contributed by atoms with Crippen LogP contribution < -0.4 is 11.0 Å². The molecule has 3 aromatic rings. The van der Waals surface area contributed by atoms with Crippen molar-refractivity contribution in [3.63, 3.8) is 0 Å². The van der Waals surface area contributed by atoms with E-state index in [1.54, 1.807) is 23.0 Å². The van der Waals surface area contributed by atoms with Crippen molar-refractivity contribution in [3.8, 4) is 0 Å². The summed E-state index contributed by atoms with van der Waals surface area (Å²) in [6.07, 6.45) is 6.04. The molecule has 1 aliphatic heterocycles. The number of nitrogens with one attached hydrogen (secondary N) is 1. The molecule has 1 unspecified atom stereocenters. The smallest absolute Gasteiger partial charge is 0.345 e. The van der Waals surface area contributed by atoms with E-state index in [2.05, 4.69) is 15.4 Å². The lowest BCUT2D eigenvalue weighted by atomic mass is 9.98. The van der Waals surface area contributed by atoms with E-state index in [4.69, 9.17) is 0 Å². The summed E-state index contributed by atoms with van der Waals surface area (Å²) in [4.78, 5) is 29.8. The van der Waals surface area contributed by atoms with Crippen LogP contribution in [-0.2, 0) is 31.2 Å². The normalized spacial score (nSPS) is 17.1. The number of hydrogen-bond donors (Lipinski definition) is 1. The Hall–Kier alpha value is -2.42. The largest absolute Gasteiger partial charge is 0.355 e. The molecule has 0 aliphatic carbocycles. The second-order valence-electron chi connectivity index (χ2n) is 6.03. The highest BCUT2D eigenvalue weighted by atomic mass is 32.1. The number of carbonyl (C=O) groups excluding carboxylic acids is 1. The van der Waals surface area contributed by atoms with Crippen molar-refractivity contribution in [2.24, 2.45) is 13.0 Å². The highest BCUT2D eigenvalue weighted by Gasteiger charge is 2.27. The van der Waals surface area contributed by atoms with Crippen molar-refractivity contribution in [2.75, 3.05) is 6.54 Å². The second kappa shape index (κ2) is 5.90. The lowest BCUT2D eigenvalue weighted by molar-refractivity contribution is -0.125. The average molecular weight is 346 g/mol. The minimum absolute atomic E-state index is 0.00239. The highest BCUT2D eigenvalue weighted by molar-refractivity contribution is 7.15. The Morgan fingerprint density at radius 3 is 3.21 bits per heavy atom. The number of carbonyl (C=O) groups is 1. The SMILES string of the molecule is Cn1nc2n(c1=O)CC(C(=O)NCCc1cn3ccsc3n1)CC2. The zero-order valence-corrected chi connectivity index (χ0v) is 14.1. The Labute approximate surface area is 141 Å². The molecule has 1 atom stereocenters. The molecule has 24 heavy (non-hydrogen) atoms. The maximum absolute atomic E-state index is 12.4. The summed E-state index contributed by atoms with van der Waals surface area (Å²) in [6.45, 7) is 0.961. The summed E-state index contributed by atoms with van der Waals surface area (Å²) in [5, 5.41) is 9.15. The lowest BCUT2D eigenvalue weighted by Crippen LogP contribution is -2.39. The lowest BCUT2D eigenvalue weighted by Gasteiger charge is -2.21. The summed E-state index contributed by atoms with van der Waals surface area (Å²) in [6, 6.07) is 0. The van der Waals surface area contributed by atoms with Crippen LogP contribution in [0.5, 0.6) is 0 Å². The van der Waals surface area contributed by atoms with Crippen molar-refractivity contribution < 1.29 is 4.79 Å². The summed E-state index contributed by atoms with van der Waals surface area (Å²) in [5.41, 5.74) is 0.817. The third-order valence-corrected chi connectivity index (χ3v) is 5.17. The molecule has 126 valence electrons. The monoisotopic (exact) mass is 346 g/mol. The number of fused-ring (bicyclic) bond motifs is 2. The first-order valence-electron chi connectivity index (χ1n) is 7.93. The number of thiazole rings is 1. The van der Waals surface area contributed by atoms with E-state index >= 15 is 0 Å². The number of amides is 1. The van der Waals surface area contributed by atoms with Gasteiger partial charge in [0, 0.05) is 50.8 Å². The van der Waals surface area contributed by atoms with Crippen LogP contribution in [0.2, 0.25) is 0 Å². The van der Waals surface area contributed by atoms with Crippen LogP contribution in [0.3, 0.4) is 0 Å². The predicted octanol–water partition coefficient (Wildman–Crippen LogP) is 0.212. The van der Waals surface area contributed by atoms with Crippen molar-refractivity contribution >= 4 is 22.2 Å². The zero-order valence-electron chi connectivity index (χ0n) is 13.3. The molecular formula is C15H18N6O2S. The molecule has 0 fully saturated rings. The van der Waals surface area contributed by atoms with Gasteiger partial charge in [0.15, 0.2) is 4.96 Å². The Bertz CT molecular complexity index is 920. The van der Waals surface area contributed by atoms with Crippen molar-refractivity contribution in [1.82, 2.24) is 29.0 Å². The Morgan fingerprint density at radius 2 is 2.38 bits per heavy atom. The number of imidazole rings is 1. The maximum atomic E-state index is 12.4. The molecular weight excluding hydrogens is 328 g/mol. The van der Waals surface area contributed by atoms with Crippen LogP contribution in [0.15, 0.2) is 22.6 Å². The highest BCUT2D eigenvalue weighted by Crippen LogP contribution is 2.17. The average Bonchev–Trinajstić information content (AvgIpc) is 3.22. The van der Waals surface area contributed by atoms with E-state index in [9.17, 15) is 9.59 Å². The van der Waals surface area contributed by atoms with Crippen LogP contribution in [-0.4, -0.2) is 36.2 Å². The fraction of sp³-hybridized carbons (Fsp3) is 0.467. The van der Waals surface area contributed by atoms with E-state index in [-0.39, 0.29) is 17.5 Å². The van der Waals surface area contributed by atoms with Crippen molar-refractivity contribution in [2.45, 2.75) is 25.8 Å². The summed E-state index contributed by atoms with van der Waals surface area (Å²) >= 11 is 1.59. The van der Waals surface area contributed by atoms with E-state index in [0.29, 0.717) is 25.9 Å². The summed E-state index contributed by atoms with van der Waals surface area (Å²) in [7, 11) is 1.64. The molecule has 1 aliphatic rings. The van der Waals surface area contributed by atoms with Crippen LogP contribution >= 0.6 is 11.3 Å². The van der Waals surface area contributed by atoms with Gasteiger partial charge in [-0.25, -0.2) is 14.5 Å². The molecule has 4 rings (SSSR count). The molecule has 9 heteroatoms. The third-order valence-electron chi connectivity index (χ3n) is 4.40. The van der Waals surface area contributed by atoms with E-state index in [0.717, 1.165) is 22.9 Å². The molecule has 0 saturated carbocycles. The van der Waals surface area contributed by atoms with Crippen LogP contribution in [0.4, 0.5) is 0 Å². The first-order valence-corrected chi connectivity index (χ1v) is 8.81. The van der Waals surface area contributed by atoms with Gasteiger partial charge in [-0.05, 0) is 6.42 Å². The van der Waals surface area contributed by atoms with Crippen LogP contribution in [0, 0.1) is 5.92 Å². The van der Waals surface area contributed by atoms with Gasteiger partial charge in [0.2, 0.25) is 5.91 Å². The maximum Gasteiger partial charge on any atom is 0.345 e. The second-order valence-corrected chi connectivity index (χ2v) is 6.91. The number of hydrogen-bond acceptors (Lipinski definition) is 5. The van der Waals surface area contributed by atoms with Crippen molar-refractivity contribution in [3.05, 3.63) is 39.8 Å². The van der Waals surface area contributed by atoms with Gasteiger partial charge >= 0.3 is 5.69 Å². The summed E-state index contributed by atoms with van der Waals surface area (Å²) < 4.78 is 4.93. The Balaban J connectivity index is 1.34. The Morgan fingerprint density at radius 1 is 1.50 bits per heavy atom. The molecule has 8 nitrogen and oxygen atoms in total. The quantitative estimate of drug-likeness (QED) is 0.732. The molecule has 1 N–H and O–H groups in total. The first-order chi connectivity index (χ1) is 11.6. The zero-order chi connectivity index (χ0) is 16.7. The molecule has 1 amide bonds. The fourth-order valence-electron chi connectivity index (χ4n) is 3.11. The minimum Gasteiger partial charge on any atom is -0.355 e. The molecule has 0 spiro atoms. The van der Waals surface area contributed by atoms with Crippen molar-refractivity contribution in [1.29, 1.82) is 0 Å². The van der Waals surface area contributed by atoms with E-state index in [1.165, 1.54) is 4.68 Å². The third kappa shape index (κ3) is 2.64. The van der Waals surface area contributed by atoms with Crippen LogP contribution in [0.1, 0.15) is 17.9 Å². The van der Waals surface area contributed by atoms with E-state index in [1.807, 2.05) is 22.2 Å². The molecule has 0 aromatic carbocycles. The van der Waals surface area contributed by atoms with Gasteiger partial charge in [0.25, 0.3) is 0 Å². The van der Waals surface area contributed by atoms with Gasteiger partial charge in [0.05, 0.1) is 11.6 Å². The fourth-order valence-corrected chi connectivity index (χ4v) is 3.83. The number of nitrogens with zero attached hydrogens (tertiary/aromatic N) is 5. The summed E-state index contributed by atoms with van der Waals surface area (Å²) in [5.74, 6) is 0.590.